The van der Waals surface area contributed by atoms with E-state index in [0.717, 1.165) is 18.9 Å². The number of benzene rings is 1. The van der Waals surface area contributed by atoms with Crippen LogP contribution in [0, 0.1) is 5.82 Å². The Hall–Kier alpha value is -3.36. The molecule has 0 aliphatic rings. The van der Waals surface area contributed by atoms with Gasteiger partial charge in [-0.1, -0.05) is 19.4 Å². The molecule has 0 spiro atoms. The number of anilines is 1. The Labute approximate surface area is 147 Å². The number of halogens is 1. The molecule has 9 heteroatoms. The van der Waals surface area contributed by atoms with Gasteiger partial charge in [-0.25, -0.2) is 14.0 Å². The molecular weight excluding hydrogens is 347 g/mol. The molecule has 1 aromatic carbocycles. The standard InChI is InChI=1S/C17H17FN2O6/c1-2-3-6-26-10-5-4-8(7-9(10)18)11-12(16(22)23)14(19)20-15(21)13(11)17(24)25/h4-5,7H,2-3,6H2,1H3,(H,22,23)(H,24,25)(H3,19,20,21). The molecule has 0 aliphatic heterocycles. The van der Waals surface area contributed by atoms with E-state index in [4.69, 9.17) is 10.5 Å². The molecule has 2 aromatic rings. The zero-order chi connectivity index (χ0) is 19.4. The molecule has 0 fully saturated rings. The zero-order valence-corrected chi connectivity index (χ0v) is 13.8. The number of pyridine rings is 1. The summed E-state index contributed by atoms with van der Waals surface area (Å²) in [6.45, 7) is 2.24. The third kappa shape index (κ3) is 3.66. The SMILES string of the molecule is CCCCOc1ccc(-c2c(C(=O)O)c(N)[nH]c(=O)c2C(=O)O)cc1F. The molecule has 26 heavy (non-hydrogen) atoms. The monoisotopic (exact) mass is 364 g/mol. The van der Waals surface area contributed by atoms with Crippen LogP contribution < -0.4 is 16.0 Å². The molecule has 2 rings (SSSR count). The lowest BCUT2D eigenvalue weighted by atomic mass is 9.95. The van der Waals surface area contributed by atoms with E-state index in [-0.39, 0.29) is 11.3 Å². The Balaban J connectivity index is 2.67. The number of carboxylic acids is 2. The van der Waals surface area contributed by atoms with Crippen LogP contribution in [-0.4, -0.2) is 33.7 Å². The second-order valence-electron chi connectivity index (χ2n) is 5.45. The van der Waals surface area contributed by atoms with Gasteiger partial charge in [-0.3, -0.25) is 4.79 Å². The summed E-state index contributed by atoms with van der Waals surface area (Å²) < 4.78 is 19.6. The van der Waals surface area contributed by atoms with Crippen LogP contribution in [-0.2, 0) is 0 Å². The lowest BCUT2D eigenvalue weighted by Gasteiger charge is -2.13. The Kier molecular flexibility index (Phi) is 5.61. The fourth-order valence-electron chi connectivity index (χ4n) is 2.44. The van der Waals surface area contributed by atoms with Crippen molar-refractivity contribution in [1.29, 1.82) is 0 Å². The highest BCUT2D eigenvalue weighted by molar-refractivity contribution is 6.07. The quantitative estimate of drug-likeness (QED) is 0.552. The van der Waals surface area contributed by atoms with Crippen LogP contribution in [0.3, 0.4) is 0 Å². The van der Waals surface area contributed by atoms with Crippen LogP contribution in [0.25, 0.3) is 11.1 Å². The van der Waals surface area contributed by atoms with Crippen LogP contribution in [0.15, 0.2) is 23.0 Å². The van der Waals surface area contributed by atoms with Gasteiger partial charge in [0.2, 0.25) is 0 Å². The first-order valence-corrected chi connectivity index (χ1v) is 7.73. The first-order chi connectivity index (χ1) is 12.3. The van der Waals surface area contributed by atoms with E-state index in [0.29, 0.717) is 6.61 Å². The van der Waals surface area contributed by atoms with Crippen LogP contribution in [0.1, 0.15) is 40.5 Å². The second-order valence-corrected chi connectivity index (χ2v) is 5.45. The number of nitrogens with two attached hydrogens (primary N) is 1. The van der Waals surface area contributed by atoms with E-state index in [1.165, 1.54) is 12.1 Å². The Morgan fingerprint density at radius 2 is 1.88 bits per heavy atom. The summed E-state index contributed by atoms with van der Waals surface area (Å²) in [7, 11) is 0. The van der Waals surface area contributed by atoms with Gasteiger partial charge in [0.1, 0.15) is 16.9 Å². The van der Waals surface area contributed by atoms with Crippen molar-refractivity contribution >= 4 is 17.8 Å². The molecule has 0 bridgehead atoms. The lowest BCUT2D eigenvalue weighted by molar-refractivity contribution is 0.0695. The molecule has 1 heterocycles. The number of carboxylic acid groups (broad SMARTS) is 2. The van der Waals surface area contributed by atoms with Crippen LogP contribution in [0.5, 0.6) is 5.75 Å². The topological polar surface area (TPSA) is 143 Å². The molecule has 0 atom stereocenters. The van der Waals surface area contributed by atoms with Gasteiger partial charge < -0.3 is 25.7 Å². The number of unbranched alkanes of at least 4 members (excludes halogenated alkanes) is 1. The number of ether oxygens (including phenoxy) is 1. The maximum Gasteiger partial charge on any atom is 0.342 e. The number of rotatable bonds is 7. The average molecular weight is 364 g/mol. The number of aromatic nitrogens is 1. The molecule has 0 radical (unpaired) electrons. The van der Waals surface area contributed by atoms with Crippen molar-refractivity contribution in [1.82, 2.24) is 4.98 Å². The van der Waals surface area contributed by atoms with Gasteiger partial charge in [0.15, 0.2) is 11.6 Å². The number of nitrogens with one attached hydrogen (secondary N) is 1. The van der Waals surface area contributed by atoms with E-state index in [9.17, 15) is 29.0 Å². The summed E-state index contributed by atoms with van der Waals surface area (Å²) in [5.74, 6) is -4.61. The Bertz CT molecular complexity index is 922. The van der Waals surface area contributed by atoms with Gasteiger partial charge in [-0.2, -0.15) is 0 Å². The van der Waals surface area contributed by atoms with Crippen LogP contribution >= 0.6 is 0 Å². The van der Waals surface area contributed by atoms with Crippen molar-refractivity contribution in [3.8, 4) is 16.9 Å². The van der Waals surface area contributed by atoms with Gasteiger partial charge >= 0.3 is 11.9 Å². The van der Waals surface area contributed by atoms with Crippen LogP contribution in [0.4, 0.5) is 10.2 Å². The number of nitrogen functional groups attached to an aromatic ring is 1. The molecule has 0 aliphatic carbocycles. The Morgan fingerprint density at radius 3 is 2.42 bits per heavy atom. The fourth-order valence-corrected chi connectivity index (χ4v) is 2.44. The predicted molar refractivity (Wildman–Crippen MR) is 91.2 cm³/mol. The maximum atomic E-state index is 14.3. The third-order valence-electron chi connectivity index (χ3n) is 3.65. The van der Waals surface area contributed by atoms with E-state index in [2.05, 4.69) is 0 Å². The molecule has 138 valence electrons. The number of hydrogen-bond acceptors (Lipinski definition) is 5. The summed E-state index contributed by atoms with van der Waals surface area (Å²) >= 11 is 0. The van der Waals surface area contributed by atoms with Gasteiger partial charge in [-0.05, 0) is 24.1 Å². The summed E-state index contributed by atoms with van der Waals surface area (Å²) in [5, 5.41) is 18.7. The van der Waals surface area contributed by atoms with Crippen molar-refractivity contribution in [2.75, 3.05) is 12.3 Å². The Morgan fingerprint density at radius 1 is 1.23 bits per heavy atom. The first kappa shape index (κ1) is 19.0. The maximum absolute atomic E-state index is 14.3. The fraction of sp³-hybridized carbons (Fsp3) is 0.235. The molecular formula is C17H17FN2O6. The van der Waals surface area contributed by atoms with E-state index >= 15 is 0 Å². The number of hydrogen-bond donors (Lipinski definition) is 4. The van der Waals surface area contributed by atoms with Gasteiger partial charge in [0, 0.05) is 5.56 Å². The highest BCUT2D eigenvalue weighted by Crippen LogP contribution is 2.32. The number of aromatic carboxylic acids is 2. The van der Waals surface area contributed by atoms with Crippen molar-refractivity contribution < 1.29 is 28.9 Å². The van der Waals surface area contributed by atoms with Crippen molar-refractivity contribution in [3.05, 3.63) is 45.5 Å². The smallest absolute Gasteiger partial charge is 0.342 e. The molecule has 0 amide bonds. The first-order valence-electron chi connectivity index (χ1n) is 7.73. The minimum atomic E-state index is -1.66. The molecule has 0 saturated heterocycles. The second kappa shape index (κ2) is 7.68. The zero-order valence-electron chi connectivity index (χ0n) is 13.8. The predicted octanol–water partition coefficient (Wildman–Crippen LogP) is 2.34. The molecule has 5 N–H and O–H groups in total. The van der Waals surface area contributed by atoms with Crippen molar-refractivity contribution in [3.63, 3.8) is 0 Å². The summed E-state index contributed by atoms with van der Waals surface area (Å²) in [5.41, 5.74) is 2.40. The van der Waals surface area contributed by atoms with E-state index in [1.807, 2.05) is 11.9 Å². The van der Waals surface area contributed by atoms with E-state index in [1.54, 1.807) is 0 Å². The summed E-state index contributed by atoms with van der Waals surface area (Å²) in [6, 6.07) is 3.43. The summed E-state index contributed by atoms with van der Waals surface area (Å²) in [4.78, 5) is 36.9. The van der Waals surface area contributed by atoms with Gasteiger partial charge in [-0.15, -0.1) is 0 Å². The highest BCUT2D eigenvalue weighted by atomic mass is 19.1. The molecule has 8 nitrogen and oxygen atoms in total. The number of carbonyl (C=O) groups is 2. The highest BCUT2D eigenvalue weighted by Gasteiger charge is 2.27. The van der Waals surface area contributed by atoms with Gasteiger partial charge in [0.05, 0.1) is 6.61 Å². The van der Waals surface area contributed by atoms with E-state index < -0.39 is 45.8 Å². The van der Waals surface area contributed by atoms with Gasteiger partial charge in [0.25, 0.3) is 5.56 Å². The molecule has 0 saturated carbocycles. The normalized spacial score (nSPS) is 10.5. The third-order valence-corrected chi connectivity index (χ3v) is 3.65. The minimum absolute atomic E-state index is 0.0613. The minimum Gasteiger partial charge on any atom is -0.491 e. The molecule has 0 unspecified atom stereocenters. The largest absolute Gasteiger partial charge is 0.491 e. The molecule has 1 aromatic heterocycles. The summed E-state index contributed by atoms with van der Waals surface area (Å²) in [6.07, 6.45) is 1.58. The average Bonchev–Trinajstić information content (AvgIpc) is 2.54. The van der Waals surface area contributed by atoms with Crippen LogP contribution in [0.2, 0.25) is 0 Å². The van der Waals surface area contributed by atoms with Crippen molar-refractivity contribution in [2.45, 2.75) is 19.8 Å². The number of aromatic amines is 1. The number of H-pyrrole nitrogens is 1. The van der Waals surface area contributed by atoms with Crippen molar-refractivity contribution in [2.24, 2.45) is 0 Å². The lowest BCUT2D eigenvalue weighted by Crippen LogP contribution is -2.24.